The summed E-state index contributed by atoms with van der Waals surface area (Å²) in [6.45, 7) is 1.40. The van der Waals surface area contributed by atoms with E-state index >= 15 is 0 Å². The van der Waals surface area contributed by atoms with Crippen molar-refractivity contribution < 1.29 is 24.6 Å². The second kappa shape index (κ2) is 12.6. The fourth-order valence-electron chi connectivity index (χ4n) is 2.67. The molecule has 0 aliphatic heterocycles. The molecule has 0 radical (unpaired) electrons. The van der Waals surface area contributed by atoms with Crippen molar-refractivity contribution in [3.05, 3.63) is 94.6 Å². The molecule has 3 rings (SSSR count). The number of aromatic nitrogens is 2. The minimum absolute atomic E-state index is 0.0475. The fourth-order valence-corrected chi connectivity index (χ4v) is 2.67. The van der Waals surface area contributed by atoms with Gasteiger partial charge in [0.1, 0.15) is 5.75 Å². The number of hydrogen-bond acceptors (Lipinski definition) is 5. The van der Waals surface area contributed by atoms with Gasteiger partial charge in [-0.1, -0.05) is 18.2 Å². The van der Waals surface area contributed by atoms with Gasteiger partial charge in [0, 0.05) is 43.2 Å². The standard InChI is InChI=1S/C21H20N4O3.ClH.Ni/c26-21-5-2-1-4-19(21)20(23-12-3-14-24-15-13-22-16-24)11-8-17-6-9-18(10-7-17)25(27)28;;/h1-2,4-11,13,15-16,26H,3,12,14H2;1H;/q;;+1/p-1/b11-8+,23-20?;;. The van der Waals surface area contributed by atoms with E-state index in [1.54, 1.807) is 36.8 Å². The Bertz CT molecular complexity index is 990. The molecule has 0 unspecified atom stereocenters. The summed E-state index contributed by atoms with van der Waals surface area (Å²) in [6, 6.07) is 13.3. The fraction of sp³-hybridized carbons (Fsp3) is 0.143. The number of aromatic hydroxyl groups is 1. The number of allylic oxidation sites excluding steroid dienone is 1. The van der Waals surface area contributed by atoms with E-state index in [0.29, 0.717) is 17.8 Å². The SMILES string of the molecule is O=[N+]([O-])c1ccc(/C=C/C(=NCCCn2ccnc2)c2ccccc2O)cc1.[Cl][Ni]. The van der Waals surface area contributed by atoms with Gasteiger partial charge in [-0.3, -0.25) is 15.1 Å². The van der Waals surface area contributed by atoms with Crippen molar-refractivity contribution in [3.63, 3.8) is 0 Å². The monoisotopic (exact) mass is 469 g/mol. The number of phenolic OH excluding ortho intramolecular Hbond substituents is 1. The number of non-ortho nitro benzene ring substituents is 1. The minimum atomic E-state index is -0.428. The molecule has 0 saturated carbocycles. The normalized spacial score (nSPS) is 11.2. The number of benzene rings is 2. The van der Waals surface area contributed by atoms with Crippen LogP contribution in [0.2, 0.25) is 0 Å². The van der Waals surface area contributed by atoms with Crippen LogP contribution in [0.3, 0.4) is 0 Å². The number of nitro benzene ring substituents is 1. The molecule has 30 heavy (non-hydrogen) atoms. The summed E-state index contributed by atoms with van der Waals surface area (Å²) in [5.74, 6) is 0.157. The Morgan fingerprint density at radius 2 is 1.97 bits per heavy atom. The number of phenols is 1. The number of hydrogen-bond donors (Lipinski definition) is 1. The van der Waals surface area contributed by atoms with Crippen molar-refractivity contribution in [1.82, 2.24) is 9.55 Å². The van der Waals surface area contributed by atoms with E-state index in [0.717, 1.165) is 18.5 Å². The Morgan fingerprint density at radius 3 is 2.60 bits per heavy atom. The molecule has 0 bridgehead atoms. The van der Waals surface area contributed by atoms with Crippen LogP contribution in [-0.4, -0.2) is 31.8 Å². The number of imidazole rings is 1. The van der Waals surface area contributed by atoms with Crippen molar-refractivity contribution >= 4 is 27.7 Å². The number of aryl methyl sites for hydroxylation is 1. The third-order valence-electron chi connectivity index (χ3n) is 4.13. The molecule has 1 heterocycles. The van der Waals surface area contributed by atoms with Crippen molar-refractivity contribution in [3.8, 4) is 5.75 Å². The van der Waals surface area contributed by atoms with Gasteiger partial charge in [0.25, 0.3) is 5.69 Å². The third-order valence-corrected chi connectivity index (χ3v) is 4.13. The maximum absolute atomic E-state index is 10.8. The molecular weight excluding hydrogens is 450 g/mol. The Balaban J connectivity index is 0.00000155. The van der Waals surface area contributed by atoms with Crippen molar-refractivity contribution in [2.45, 2.75) is 13.0 Å². The van der Waals surface area contributed by atoms with Crippen LogP contribution in [0.15, 0.2) is 78.3 Å². The molecule has 1 N–H and O–H groups in total. The van der Waals surface area contributed by atoms with Crippen molar-refractivity contribution in [1.29, 1.82) is 0 Å². The predicted molar refractivity (Wildman–Crippen MR) is 114 cm³/mol. The molecule has 0 saturated heterocycles. The third kappa shape index (κ3) is 7.14. The zero-order valence-electron chi connectivity index (χ0n) is 15.9. The van der Waals surface area contributed by atoms with Crippen LogP contribution in [0.25, 0.3) is 6.08 Å². The summed E-state index contributed by atoms with van der Waals surface area (Å²) in [7, 11) is 4.26. The van der Waals surface area contributed by atoms with Gasteiger partial charge in [-0.2, -0.15) is 0 Å². The molecule has 9 heteroatoms. The molecule has 3 aromatic rings. The summed E-state index contributed by atoms with van der Waals surface area (Å²) in [5, 5.41) is 20.9. The number of nitro groups is 1. The van der Waals surface area contributed by atoms with Crippen LogP contribution in [-0.2, 0) is 21.1 Å². The van der Waals surface area contributed by atoms with E-state index in [1.165, 1.54) is 12.1 Å². The average molecular weight is 471 g/mol. The zero-order valence-corrected chi connectivity index (χ0v) is 17.6. The molecule has 7 nitrogen and oxygen atoms in total. The molecule has 0 aliphatic rings. The van der Waals surface area contributed by atoms with E-state index in [9.17, 15) is 15.2 Å². The van der Waals surface area contributed by atoms with Gasteiger partial charge in [-0.25, -0.2) is 4.98 Å². The van der Waals surface area contributed by atoms with Crippen LogP contribution in [0.4, 0.5) is 5.69 Å². The summed E-state index contributed by atoms with van der Waals surface area (Å²) in [4.78, 5) is 19.0. The summed E-state index contributed by atoms with van der Waals surface area (Å²) < 4.78 is 1.99. The Kier molecular flexibility index (Phi) is 9.77. The molecule has 0 atom stereocenters. The van der Waals surface area contributed by atoms with Gasteiger partial charge < -0.3 is 9.67 Å². The second-order valence-corrected chi connectivity index (χ2v) is 6.12. The molecule has 2 aromatic carbocycles. The van der Waals surface area contributed by atoms with Crippen molar-refractivity contribution in [2.24, 2.45) is 4.99 Å². The van der Waals surface area contributed by atoms with E-state index in [-0.39, 0.29) is 11.4 Å². The van der Waals surface area contributed by atoms with Gasteiger partial charge in [0.05, 0.1) is 17.0 Å². The first-order valence-corrected chi connectivity index (χ1v) is 10.3. The van der Waals surface area contributed by atoms with Gasteiger partial charge in [-0.05, 0) is 42.3 Å². The van der Waals surface area contributed by atoms with E-state index in [1.807, 2.05) is 35.0 Å². The van der Waals surface area contributed by atoms with Crippen molar-refractivity contribution in [2.75, 3.05) is 6.54 Å². The topological polar surface area (TPSA) is 93.5 Å². The number of halogens is 1. The quantitative estimate of drug-likeness (QED) is 0.169. The van der Waals surface area contributed by atoms with Crippen LogP contribution >= 0.6 is 10.2 Å². The van der Waals surface area contributed by atoms with Gasteiger partial charge in [-0.15, -0.1) is 0 Å². The molecule has 159 valence electrons. The molecule has 0 fully saturated rings. The Labute approximate surface area is 186 Å². The van der Waals surface area contributed by atoms with Crippen LogP contribution < -0.4 is 0 Å². The molecule has 0 spiro atoms. The molecular formula is C21H20ClN4NiO3. The molecule has 0 aliphatic carbocycles. The summed E-state index contributed by atoms with van der Waals surface area (Å²) in [5.41, 5.74) is 2.16. The van der Waals surface area contributed by atoms with Gasteiger partial charge >= 0.3 is 24.8 Å². The Hall–Kier alpha value is -2.96. The molecule has 0 amide bonds. The zero-order chi connectivity index (χ0) is 21.8. The second-order valence-electron chi connectivity index (χ2n) is 6.12. The number of rotatable bonds is 8. The number of para-hydroxylation sites is 1. The number of aliphatic imine (C=N–C) groups is 1. The number of nitrogens with zero attached hydrogens (tertiary/aromatic N) is 4. The first kappa shape index (κ1) is 23.3. The summed E-state index contributed by atoms with van der Waals surface area (Å²) >= 11 is 3.35. The Morgan fingerprint density at radius 1 is 1.23 bits per heavy atom. The van der Waals surface area contributed by atoms with E-state index in [2.05, 4.69) is 34.7 Å². The first-order valence-electron chi connectivity index (χ1n) is 8.96. The van der Waals surface area contributed by atoms with Crippen LogP contribution in [0, 0.1) is 10.1 Å². The van der Waals surface area contributed by atoms with E-state index < -0.39 is 4.92 Å². The van der Waals surface area contributed by atoms with Gasteiger partial charge in [0.15, 0.2) is 0 Å². The van der Waals surface area contributed by atoms with Gasteiger partial charge in [0.2, 0.25) is 0 Å². The average Bonchev–Trinajstić information content (AvgIpc) is 3.29. The maximum atomic E-state index is 10.8. The summed E-state index contributed by atoms with van der Waals surface area (Å²) in [6.07, 6.45) is 9.88. The first-order chi connectivity index (χ1) is 14.6. The van der Waals surface area contributed by atoms with Crippen LogP contribution in [0.1, 0.15) is 17.5 Å². The predicted octanol–water partition coefficient (Wildman–Crippen LogP) is 4.78. The molecule has 1 aromatic heterocycles. The van der Waals surface area contributed by atoms with E-state index in [4.69, 9.17) is 0 Å². The van der Waals surface area contributed by atoms with Crippen LogP contribution in [0.5, 0.6) is 5.75 Å².